The molecule has 0 fully saturated rings. The van der Waals surface area contributed by atoms with Crippen molar-refractivity contribution >= 4 is 32.9 Å². The number of aromatic amines is 1. The van der Waals surface area contributed by atoms with Crippen molar-refractivity contribution in [1.82, 2.24) is 9.97 Å². The van der Waals surface area contributed by atoms with Crippen molar-refractivity contribution in [2.24, 2.45) is 0 Å². The van der Waals surface area contributed by atoms with Crippen LogP contribution in [0.5, 0.6) is 0 Å². The molecular weight excluding hydrogens is 248 g/mol. The van der Waals surface area contributed by atoms with Crippen LogP contribution in [0.3, 0.4) is 0 Å². The molecule has 1 N–H and O–H groups in total. The summed E-state index contributed by atoms with van der Waals surface area (Å²) in [5, 5.41) is 0.949. The molecule has 0 saturated carbocycles. The molecule has 72 valence electrons. The van der Waals surface area contributed by atoms with Crippen molar-refractivity contribution in [1.29, 1.82) is 0 Å². The molecule has 2 rings (SSSR count). The molecule has 0 aromatic carbocycles. The minimum Gasteiger partial charge on any atom is -0.464 e. The quantitative estimate of drug-likeness (QED) is 0.794. The number of nitrogens with zero attached hydrogens (tertiary/aromatic N) is 1. The number of hydrogen-bond donors (Lipinski definition) is 1. The monoisotopic (exact) mass is 254 g/mol. The Morgan fingerprint density at radius 2 is 2.43 bits per heavy atom. The molecule has 0 radical (unpaired) electrons. The number of carbonyl (C=O) groups excluding carboxylic acids is 1. The molecule has 0 aliphatic heterocycles. The number of carbonyl (C=O) groups is 1. The Labute approximate surface area is 88.4 Å². The van der Waals surface area contributed by atoms with E-state index in [0.717, 1.165) is 5.39 Å². The first-order chi connectivity index (χ1) is 6.72. The molecule has 14 heavy (non-hydrogen) atoms. The fourth-order valence-electron chi connectivity index (χ4n) is 1.20. The van der Waals surface area contributed by atoms with Gasteiger partial charge in [0, 0.05) is 11.6 Å². The minimum absolute atomic E-state index is 0.280. The molecule has 5 heteroatoms. The Balaban J connectivity index is 2.64. The Morgan fingerprint density at radius 3 is 3.14 bits per heavy atom. The third kappa shape index (κ3) is 1.39. The Bertz CT molecular complexity index is 493. The van der Waals surface area contributed by atoms with Gasteiger partial charge < -0.3 is 9.72 Å². The van der Waals surface area contributed by atoms with Crippen molar-refractivity contribution in [2.45, 2.75) is 0 Å². The van der Waals surface area contributed by atoms with Crippen LogP contribution < -0.4 is 0 Å². The van der Waals surface area contributed by atoms with E-state index in [9.17, 15) is 4.79 Å². The topological polar surface area (TPSA) is 55.0 Å². The molecule has 2 aromatic rings. The largest absolute Gasteiger partial charge is 0.464 e. The van der Waals surface area contributed by atoms with Gasteiger partial charge in [0.15, 0.2) is 5.69 Å². The molecule has 0 amide bonds. The molecule has 0 aliphatic carbocycles. The van der Waals surface area contributed by atoms with E-state index in [-0.39, 0.29) is 5.69 Å². The smallest absolute Gasteiger partial charge is 0.357 e. The van der Waals surface area contributed by atoms with Gasteiger partial charge in [0.1, 0.15) is 5.65 Å². The SMILES string of the molecule is COC(=O)c1nc2[nH]ccc2cc1Br. The lowest BCUT2D eigenvalue weighted by Crippen LogP contribution is -2.05. The molecule has 0 atom stereocenters. The third-order valence-corrected chi connectivity index (χ3v) is 2.47. The first-order valence-electron chi connectivity index (χ1n) is 3.94. The van der Waals surface area contributed by atoms with Crippen LogP contribution in [0.1, 0.15) is 10.5 Å². The van der Waals surface area contributed by atoms with Crippen molar-refractivity contribution < 1.29 is 9.53 Å². The fraction of sp³-hybridized carbons (Fsp3) is 0.111. The Morgan fingerprint density at radius 1 is 1.64 bits per heavy atom. The maximum Gasteiger partial charge on any atom is 0.357 e. The predicted molar refractivity (Wildman–Crippen MR) is 55.1 cm³/mol. The molecule has 2 aromatic heterocycles. The number of rotatable bonds is 1. The minimum atomic E-state index is -0.451. The van der Waals surface area contributed by atoms with Crippen LogP contribution >= 0.6 is 15.9 Å². The summed E-state index contributed by atoms with van der Waals surface area (Å²) < 4.78 is 5.23. The lowest BCUT2D eigenvalue weighted by molar-refractivity contribution is 0.0593. The molecule has 4 nitrogen and oxygen atoms in total. The zero-order valence-electron chi connectivity index (χ0n) is 7.37. The summed E-state index contributed by atoms with van der Waals surface area (Å²) in [6, 6.07) is 3.71. The van der Waals surface area contributed by atoms with Crippen LogP contribution in [0.2, 0.25) is 0 Å². The Hall–Kier alpha value is -1.36. The molecule has 0 aliphatic rings. The molecule has 0 bridgehead atoms. The maximum atomic E-state index is 11.3. The van der Waals surface area contributed by atoms with Gasteiger partial charge in [0.25, 0.3) is 0 Å². The number of aromatic nitrogens is 2. The van der Waals surface area contributed by atoms with E-state index >= 15 is 0 Å². The number of fused-ring (bicyclic) bond motifs is 1. The number of ether oxygens (including phenoxy) is 1. The predicted octanol–water partition coefficient (Wildman–Crippen LogP) is 2.11. The summed E-state index contributed by atoms with van der Waals surface area (Å²) in [5.74, 6) is -0.451. The van der Waals surface area contributed by atoms with E-state index in [0.29, 0.717) is 10.1 Å². The summed E-state index contributed by atoms with van der Waals surface area (Å²) >= 11 is 3.27. The van der Waals surface area contributed by atoms with Gasteiger partial charge in [-0.25, -0.2) is 9.78 Å². The van der Waals surface area contributed by atoms with Gasteiger partial charge in [-0.3, -0.25) is 0 Å². The third-order valence-electron chi connectivity index (χ3n) is 1.87. The first-order valence-corrected chi connectivity index (χ1v) is 4.73. The van der Waals surface area contributed by atoms with Crippen LogP contribution in [0.25, 0.3) is 11.0 Å². The number of hydrogen-bond acceptors (Lipinski definition) is 3. The van der Waals surface area contributed by atoms with Crippen molar-refractivity contribution in [3.8, 4) is 0 Å². The van der Waals surface area contributed by atoms with Crippen molar-refractivity contribution in [3.05, 3.63) is 28.5 Å². The van der Waals surface area contributed by atoms with Crippen LogP contribution in [0, 0.1) is 0 Å². The van der Waals surface area contributed by atoms with Crippen molar-refractivity contribution in [2.75, 3.05) is 7.11 Å². The number of H-pyrrole nitrogens is 1. The average molecular weight is 255 g/mol. The van der Waals surface area contributed by atoms with Crippen LogP contribution in [0.4, 0.5) is 0 Å². The number of esters is 1. The summed E-state index contributed by atoms with van der Waals surface area (Å²) in [7, 11) is 1.33. The number of nitrogens with one attached hydrogen (secondary N) is 1. The normalized spacial score (nSPS) is 10.4. The highest BCUT2D eigenvalue weighted by Crippen LogP contribution is 2.21. The van der Waals surface area contributed by atoms with E-state index in [4.69, 9.17) is 0 Å². The molecule has 2 heterocycles. The van der Waals surface area contributed by atoms with Gasteiger partial charge in [-0.05, 0) is 28.1 Å². The zero-order valence-corrected chi connectivity index (χ0v) is 8.96. The van der Waals surface area contributed by atoms with Gasteiger partial charge in [-0.2, -0.15) is 0 Å². The first kappa shape index (κ1) is 9.21. The van der Waals surface area contributed by atoms with E-state index < -0.39 is 5.97 Å². The summed E-state index contributed by atoms with van der Waals surface area (Å²) in [6.45, 7) is 0. The summed E-state index contributed by atoms with van der Waals surface area (Å²) in [6.07, 6.45) is 1.77. The summed E-state index contributed by atoms with van der Waals surface area (Å²) in [4.78, 5) is 18.3. The molecule has 0 saturated heterocycles. The average Bonchev–Trinajstić information content (AvgIpc) is 2.62. The van der Waals surface area contributed by atoms with Crippen LogP contribution in [-0.2, 0) is 4.74 Å². The van der Waals surface area contributed by atoms with Gasteiger partial charge in [-0.15, -0.1) is 0 Å². The number of pyridine rings is 1. The lowest BCUT2D eigenvalue weighted by Gasteiger charge is -2.01. The maximum absolute atomic E-state index is 11.3. The fourth-order valence-corrected chi connectivity index (χ4v) is 1.69. The Kier molecular flexibility index (Phi) is 2.25. The summed E-state index contributed by atoms with van der Waals surface area (Å²) in [5.41, 5.74) is 0.955. The van der Waals surface area contributed by atoms with Gasteiger partial charge in [-0.1, -0.05) is 0 Å². The van der Waals surface area contributed by atoms with Gasteiger partial charge >= 0.3 is 5.97 Å². The van der Waals surface area contributed by atoms with Gasteiger partial charge in [0.05, 0.1) is 11.6 Å². The standard InChI is InChI=1S/C9H7BrN2O2/c1-14-9(13)7-6(10)4-5-2-3-11-8(5)12-7/h2-4H,1H3,(H,11,12). The molecule has 0 spiro atoms. The second kappa shape index (κ2) is 3.42. The second-order valence-electron chi connectivity index (χ2n) is 2.73. The molecular formula is C9H7BrN2O2. The van der Waals surface area contributed by atoms with E-state index in [2.05, 4.69) is 30.6 Å². The van der Waals surface area contributed by atoms with E-state index in [1.54, 1.807) is 6.20 Å². The van der Waals surface area contributed by atoms with E-state index in [1.165, 1.54) is 7.11 Å². The molecule has 0 unspecified atom stereocenters. The highest BCUT2D eigenvalue weighted by molar-refractivity contribution is 9.10. The van der Waals surface area contributed by atoms with Crippen LogP contribution in [-0.4, -0.2) is 23.0 Å². The highest BCUT2D eigenvalue weighted by atomic mass is 79.9. The van der Waals surface area contributed by atoms with Crippen molar-refractivity contribution in [3.63, 3.8) is 0 Å². The number of halogens is 1. The number of methoxy groups -OCH3 is 1. The van der Waals surface area contributed by atoms with Crippen LogP contribution in [0.15, 0.2) is 22.8 Å². The van der Waals surface area contributed by atoms with E-state index in [1.807, 2.05) is 12.1 Å². The van der Waals surface area contributed by atoms with Gasteiger partial charge in [0.2, 0.25) is 0 Å². The second-order valence-corrected chi connectivity index (χ2v) is 3.58. The lowest BCUT2D eigenvalue weighted by atomic mass is 10.3. The zero-order chi connectivity index (χ0) is 10.1. The highest BCUT2D eigenvalue weighted by Gasteiger charge is 2.13.